The molecule has 0 radical (unpaired) electrons. The van der Waals surface area contributed by atoms with Crippen molar-refractivity contribution in [2.24, 2.45) is 0 Å². The topological polar surface area (TPSA) is 46.9 Å². The smallest absolute Gasteiger partial charge is 0.167 e. The summed E-state index contributed by atoms with van der Waals surface area (Å²) in [5, 5.41) is 7.60. The summed E-state index contributed by atoms with van der Waals surface area (Å²) >= 11 is 0. The molecule has 1 unspecified atom stereocenters. The van der Waals surface area contributed by atoms with Gasteiger partial charge in [-0.25, -0.2) is 0 Å². The van der Waals surface area contributed by atoms with Gasteiger partial charge in [0.25, 0.3) is 0 Å². The molecule has 4 heteroatoms. The van der Waals surface area contributed by atoms with Gasteiger partial charge in [0.05, 0.1) is 11.8 Å². The summed E-state index contributed by atoms with van der Waals surface area (Å²) in [7, 11) is 0. The second-order valence-corrected chi connectivity index (χ2v) is 4.71. The molecule has 1 aliphatic heterocycles. The highest BCUT2D eigenvalue weighted by Crippen LogP contribution is 2.13. The van der Waals surface area contributed by atoms with E-state index in [4.69, 9.17) is 0 Å². The molecule has 1 atom stereocenters. The van der Waals surface area contributed by atoms with Crippen molar-refractivity contribution < 1.29 is 4.79 Å². The fourth-order valence-corrected chi connectivity index (χ4v) is 2.30. The van der Waals surface area contributed by atoms with Crippen LogP contribution in [0, 0.1) is 0 Å². The summed E-state index contributed by atoms with van der Waals surface area (Å²) in [5.74, 6) is 0.212. The molecule has 2 rings (SSSR count). The minimum absolute atomic E-state index is 0.212. The van der Waals surface area contributed by atoms with E-state index >= 15 is 0 Å². The molecule has 0 bridgehead atoms. The molecule has 1 fully saturated rings. The maximum atomic E-state index is 12.1. The average molecular weight is 235 g/mol. The molecule has 1 N–H and O–H groups in total. The van der Waals surface area contributed by atoms with Crippen LogP contribution in [0.3, 0.4) is 0 Å². The van der Waals surface area contributed by atoms with Crippen LogP contribution in [0.5, 0.6) is 0 Å². The lowest BCUT2D eigenvalue weighted by atomic mass is 10.0. The van der Waals surface area contributed by atoms with Crippen molar-refractivity contribution in [3.63, 3.8) is 0 Å². The number of hydrogen-bond acceptors (Lipinski definition) is 3. The summed E-state index contributed by atoms with van der Waals surface area (Å²) in [6.07, 6.45) is 9.01. The Morgan fingerprint density at radius 1 is 1.53 bits per heavy atom. The van der Waals surface area contributed by atoms with Gasteiger partial charge in [0.15, 0.2) is 5.78 Å². The van der Waals surface area contributed by atoms with Gasteiger partial charge in [0.2, 0.25) is 0 Å². The van der Waals surface area contributed by atoms with Gasteiger partial charge >= 0.3 is 0 Å². The van der Waals surface area contributed by atoms with E-state index in [0.717, 1.165) is 25.1 Å². The monoisotopic (exact) mass is 235 g/mol. The molecule has 2 heterocycles. The highest BCUT2D eigenvalue weighted by molar-refractivity contribution is 5.95. The van der Waals surface area contributed by atoms with Crippen molar-refractivity contribution in [1.29, 1.82) is 0 Å². The fraction of sp³-hybridized carbons (Fsp3) is 0.692. The van der Waals surface area contributed by atoms with E-state index < -0.39 is 0 Å². The van der Waals surface area contributed by atoms with Crippen LogP contribution in [-0.2, 0) is 6.54 Å². The summed E-state index contributed by atoms with van der Waals surface area (Å²) in [5.41, 5.74) is 0.748. The summed E-state index contributed by atoms with van der Waals surface area (Å²) in [6.45, 7) is 3.88. The first-order valence-electron chi connectivity index (χ1n) is 6.58. The Bertz CT molecular complexity index is 364. The Hall–Kier alpha value is -1.16. The standard InChI is InChI=1S/C13H21N3O/c1-2-16-10-11(9-15-16)13(17)8-12-6-4-3-5-7-14-12/h9-10,12,14H,2-8H2,1H3. The molecule has 0 amide bonds. The van der Waals surface area contributed by atoms with Gasteiger partial charge in [-0.2, -0.15) is 5.10 Å². The first-order chi connectivity index (χ1) is 8.29. The van der Waals surface area contributed by atoms with E-state index in [1.165, 1.54) is 19.3 Å². The molecule has 1 aromatic rings. The third-order valence-electron chi connectivity index (χ3n) is 3.37. The van der Waals surface area contributed by atoms with Gasteiger partial charge in [0.1, 0.15) is 0 Å². The molecule has 0 aromatic carbocycles. The first kappa shape index (κ1) is 12.3. The molecule has 4 nitrogen and oxygen atoms in total. The number of rotatable bonds is 4. The molecule has 0 saturated carbocycles. The molecule has 0 spiro atoms. The van der Waals surface area contributed by atoms with Crippen molar-refractivity contribution >= 4 is 5.78 Å². The van der Waals surface area contributed by atoms with Gasteiger partial charge in [-0.1, -0.05) is 12.8 Å². The van der Waals surface area contributed by atoms with Crippen LogP contribution < -0.4 is 5.32 Å². The Kier molecular flexibility index (Phi) is 4.31. The fourth-order valence-electron chi connectivity index (χ4n) is 2.30. The zero-order chi connectivity index (χ0) is 12.1. The predicted octanol–water partition coefficient (Wildman–Crippen LogP) is 2.01. The van der Waals surface area contributed by atoms with E-state index in [2.05, 4.69) is 10.4 Å². The second kappa shape index (κ2) is 5.96. The maximum absolute atomic E-state index is 12.1. The number of nitrogens with one attached hydrogen (secondary N) is 1. The average Bonchev–Trinajstić information content (AvgIpc) is 2.68. The molecule has 1 saturated heterocycles. The summed E-state index contributed by atoms with van der Waals surface area (Å²) in [6, 6.07) is 0.356. The third kappa shape index (κ3) is 3.40. The Balaban J connectivity index is 1.91. The van der Waals surface area contributed by atoms with Crippen LogP contribution in [0.2, 0.25) is 0 Å². The number of nitrogens with zero attached hydrogens (tertiary/aromatic N) is 2. The number of ketones is 1. The van der Waals surface area contributed by atoms with Gasteiger partial charge < -0.3 is 5.32 Å². The van der Waals surface area contributed by atoms with Crippen LogP contribution in [-0.4, -0.2) is 28.2 Å². The normalized spacial score (nSPS) is 21.1. The zero-order valence-corrected chi connectivity index (χ0v) is 10.5. The highest BCUT2D eigenvalue weighted by atomic mass is 16.1. The molecular formula is C13H21N3O. The lowest BCUT2D eigenvalue weighted by Crippen LogP contribution is -2.30. The molecule has 94 valence electrons. The number of hydrogen-bond donors (Lipinski definition) is 1. The molecule has 17 heavy (non-hydrogen) atoms. The Morgan fingerprint density at radius 3 is 3.18 bits per heavy atom. The van der Waals surface area contributed by atoms with E-state index in [9.17, 15) is 4.79 Å². The SMILES string of the molecule is CCn1cc(C(=O)CC2CCCCCN2)cn1. The highest BCUT2D eigenvalue weighted by Gasteiger charge is 2.17. The van der Waals surface area contributed by atoms with Crippen LogP contribution in [0.4, 0.5) is 0 Å². The van der Waals surface area contributed by atoms with E-state index in [-0.39, 0.29) is 5.78 Å². The van der Waals surface area contributed by atoms with Crippen molar-refractivity contribution in [3.05, 3.63) is 18.0 Å². The molecular weight excluding hydrogens is 214 g/mol. The van der Waals surface area contributed by atoms with Gasteiger partial charge in [0, 0.05) is 25.2 Å². The summed E-state index contributed by atoms with van der Waals surface area (Å²) in [4.78, 5) is 12.1. The van der Waals surface area contributed by atoms with Crippen molar-refractivity contribution in [1.82, 2.24) is 15.1 Å². The maximum Gasteiger partial charge on any atom is 0.167 e. The van der Waals surface area contributed by atoms with Crippen LogP contribution in [0.1, 0.15) is 49.4 Å². The third-order valence-corrected chi connectivity index (χ3v) is 3.37. The zero-order valence-electron chi connectivity index (χ0n) is 10.5. The van der Waals surface area contributed by atoms with Gasteiger partial charge in [-0.15, -0.1) is 0 Å². The Morgan fingerprint density at radius 2 is 2.41 bits per heavy atom. The lowest BCUT2D eigenvalue weighted by molar-refractivity contribution is 0.0968. The predicted molar refractivity (Wildman–Crippen MR) is 67.1 cm³/mol. The second-order valence-electron chi connectivity index (χ2n) is 4.71. The largest absolute Gasteiger partial charge is 0.314 e. The number of Topliss-reactive ketones (excluding diaryl/α,β-unsaturated/α-hetero) is 1. The Labute approximate surface area is 102 Å². The minimum atomic E-state index is 0.212. The van der Waals surface area contributed by atoms with Crippen LogP contribution in [0.25, 0.3) is 0 Å². The molecule has 1 aliphatic rings. The van der Waals surface area contributed by atoms with Crippen molar-refractivity contribution in [2.75, 3.05) is 6.54 Å². The van der Waals surface area contributed by atoms with Crippen LogP contribution in [0.15, 0.2) is 12.4 Å². The van der Waals surface area contributed by atoms with Crippen molar-refractivity contribution in [2.45, 2.75) is 51.6 Å². The van der Waals surface area contributed by atoms with Crippen molar-refractivity contribution in [3.8, 4) is 0 Å². The first-order valence-corrected chi connectivity index (χ1v) is 6.58. The quantitative estimate of drug-likeness (QED) is 0.812. The van der Waals surface area contributed by atoms with Gasteiger partial charge in [-0.3, -0.25) is 9.48 Å². The molecule has 1 aromatic heterocycles. The minimum Gasteiger partial charge on any atom is -0.314 e. The number of carbonyl (C=O) groups excluding carboxylic acids is 1. The number of aromatic nitrogens is 2. The lowest BCUT2D eigenvalue weighted by Gasteiger charge is -2.13. The van der Waals surface area contributed by atoms with Gasteiger partial charge in [-0.05, 0) is 26.3 Å². The number of aryl methyl sites for hydroxylation is 1. The van der Waals surface area contributed by atoms with Crippen LogP contribution >= 0.6 is 0 Å². The number of carbonyl (C=O) groups is 1. The summed E-state index contributed by atoms with van der Waals surface area (Å²) < 4.78 is 1.80. The van der Waals surface area contributed by atoms with E-state index in [1.54, 1.807) is 10.9 Å². The molecule has 0 aliphatic carbocycles. The van der Waals surface area contributed by atoms with E-state index in [0.29, 0.717) is 12.5 Å². The van der Waals surface area contributed by atoms with E-state index in [1.807, 2.05) is 13.1 Å².